The molecule has 0 spiro atoms. The molecule has 33 heavy (non-hydrogen) atoms. The monoisotopic (exact) mass is 448 g/mol. The number of hydrogen-bond acceptors (Lipinski definition) is 5. The molecule has 0 unspecified atom stereocenters. The molecule has 3 aliphatic heterocycles. The van der Waals surface area contributed by atoms with Gasteiger partial charge in [0.1, 0.15) is 11.2 Å². The lowest BCUT2D eigenvalue weighted by Gasteiger charge is -2.41. The summed E-state index contributed by atoms with van der Waals surface area (Å²) in [6.07, 6.45) is 7.69. The fourth-order valence-corrected chi connectivity index (χ4v) is 5.79. The highest BCUT2D eigenvalue weighted by Gasteiger charge is 2.32. The Bertz CT molecular complexity index is 1300. The first-order valence-electron chi connectivity index (χ1n) is 12.0. The Morgan fingerprint density at radius 1 is 1.06 bits per heavy atom. The SMILES string of the molecule is Cc1cn2c3c(c(N4CCC(N5CCCCC5)CC4)c(F)cc3c1=O)Oc1cc(N)ccc1-2. The van der Waals surface area contributed by atoms with Crippen molar-refractivity contribution in [3.05, 3.63) is 52.1 Å². The van der Waals surface area contributed by atoms with Crippen molar-refractivity contribution >= 4 is 22.3 Å². The van der Waals surface area contributed by atoms with Gasteiger partial charge in [0, 0.05) is 42.6 Å². The van der Waals surface area contributed by atoms with Gasteiger partial charge in [-0.15, -0.1) is 0 Å². The van der Waals surface area contributed by atoms with Gasteiger partial charge in [-0.2, -0.15) is 0 Å². The zero-order valence-electron chi connectivity index (χ0n) is 18.9. The number of nitrogens with zero attached hydrogens (tertiary/aromatic N) is 3. The van der Waals surface area contributed by atoms with Gasteiger partial charge >= 0.3 is 0 Å². The largest absolute Gasteiger partial charge is 0.451 e. The highest BCUT2D eigenvalue weighted by molar-refractivity contribution is 5.95. The fraction of sp³-hybridized carbons (Fsp3) is 0.423. The molecule has 2 N–H and O–H groups in total. The molecule has 2 aromatic carbocycles. The van der Waals surface area contributed by atoms with Crippen molar-refractivity contribution in [3.8, 4) is 17.2 Å². The number of fused-ring (bicyclic) bond motifs is 2. The van der Waals surface area contributed by atoms with E-state index in [4.69, 9.17) is 10.5 Å². The number of hydrogen-bond donors (Lipinski definition) is 1. The van der Waals surface area contributed by atoms with Gasteiger partial charge in [-0.25, -0.2) is 4.39 Å². The molecule has 2 fully saturated rings. The van der Waals surface area contributed by atoms with Gasteiger partial charge in [-0.3, -0.25) is 4.79 Å². The molecule has 6 rings (SSSR count). The molecule has 0 aliphatic carbocycles. The molecule has 2 saturated heterocycles. The minimum Gasteiger partial charge on any atom is -0.451 e. The number of anilines is 2. The van der Waals surface area contributed by atoms with Crippen molar-refractivity contribution in [2.24, 2.45) is 0 Å². The number of ether oxygens (including phenoxy) is 1. The van der Waals surface area contributed by atoms with Crippen LogP contribution in [0.15, 0.2) is 35.3 Å². The highest BCUT2D eigenvalue weighted by atomic mass is 19.1. The molecule has 3 aliphatic rings. The number of halogens is 1. The third-order valence-electron chi connectivity index (χ3n) is 7.49. The van der Waals surface area contributed by atoms with Crippen LogP contribution in [0.25, 0.3) is 16.6 Å². The molecule has 4 heterocycles. The van der Waals surface area contributed by atoms with E-state index in [9.17, 15) is 4.79 Å². The first-order chi connectivity index (χ1) is 16.0. The van der Waals surface area contributed by atoms with Crippen molar-refractivity contribution in [2.45, 2.75) is 45.1 Å². The average Bonchev–Trinajstić information content (AvgIpc) is 2.82. The van der Waals surface area contributed by atoms with E-state index in [2.05, 4.69) is 9.80 Å². The molecule has 6 nitrogen and oxygen atoms in total. The summed E-state index contributed by atoms with van der Waals surface area (Å²) >= 11 is 0. The number of pyridine rings is 1. The summed E-state index contributed by atoms with van der Waals surface area (Å²) < 4.78 is 23.9. The molecule has 0 radical (unpaired) electrons. The lowest BCUT2D eigenvalue weighted by atomic mass is 9.98. The maximum absolute atomic E-state index is 15.6. The van der Waals surface area contributed by atoms with Crippen LogP contribution in [0.2, 0.25) is 0 Å². The average molecular weight is 449 g/mol. The van der Waals surface area contributed by atoms with Crippen LogP contribution in [0, 0.1) is 12.7 Å². The lowest BCUT2D eigenvalue weighted by Crippen LogP contribution is -2.47. The summed E-state index contributed by atoms with van der Waals surface area (Å²) in [6, 6.07) is 7.40. The second kappa shape index (κ2) is 7.76. The van der Waals surface area contributed by atoms with E-state index in [1.807, 2.05) is 22.9 Å². The quantitative estimate of drug-likeness (QED) is 0.455. The van der Waals surface area contributed by atoms with Crippen LogP contribution in [0.5, 0.6) is 11.5 Å². The van der Waals surface area contributed by atoms with E-state index < -0.39 is 5.82 Å². The van der Waals surface area contributed by atoms with Crippen molar-refractivity contribution in [1.29, 1.82) is 0 Å². The Morgan fingerprint density at radius 2 is 1.82 bits per heavy atom. The maximum atomic E-state index is 15.6. The van der Waals surface area contributed by atoms with Gasteiger partial charge in [-0.1, -0.05) is 6.42 Å². The van der Waals surface area contributed by atoms with E-state index in [1.165, 1.54) is 38.4 Å². The van der Waals surface area contributed by atoms with Crippen LogP contribution in [0.3, 0.4) is 0 Å². The van der Waals surface area contributed by atoms with Crippen molar-refractivity contribution in [3.63, 3.8) is 0 Å². The van der Waals surface area contributed by atoms with Gasteiger partial charge in [0.2, 0.25) is 0 Å². The normalized spacial score (nSPS) is 18.9. The zero-order chi connectivity index (χ0) is 22.7. The van der Waals surface area contributed by atoms with Crippen molar-refractivity contribution in [1.82, 2.24) is 9.47 Å². The van der Waals surface area contributed by atoms with Gasteiger partial charge < -0.3 is 24.8 Å². The molecule has 7 heteroatoms. The van der Waals surface area contributed by atoms with Crippen molar-refractivity contribution in [2.75, 3.05) is 36.8 Å². The minimum atomic E-state index is -0.407. The number of likely N-dealkylation sites (tertiary alicyclic amines) is 1. The summed E-state index contributed by atoms with van der Waals surface area (Å²) in [5.41, 5.74) is 8.86. The minimum absolute atomic E-state index is 0.167. The number of benzene rings is 2. The van der Waals surface area contributed by atoms with Crippen LogP contribution in [-0.4, -0.2) is 41.7 Å². The maximum Gasteiger partial charge on any atom is 0.192 e. The Balaban J connectivity index is 1.44. The molecule has 0 amide bonds. The number of nitrogen functional groups attached to an aromatic ring is 1. The van der Waals surface area contributed by atoms with Gasteiger partial charge in [0.05, 0.1) is 11.1 Å². The summed E-state index contributed by atoms with van der Waals surface area (Å²) in [5.74, 6) is 0.578. The van der Waals surface area contributed by atoms with Crippen molar-refractivity contribution < 1.29 is 9.13 Å². The second-order valence-corrected chi connectivity index (χ2v) is 9.59. The van der Waals surface area contributed by atoms with E-state index in [0.29, 0.717) is 45.4 Å². The van der Waals surface area contributed by atoms with E-state index in [-0.39, 0.29) is 5.43 Å². The molecule has 0 bridgehead atoms. The van der Waals surface area contributed by atoms with Gasteiger partial charge in [0.25, 0.3) is 0 Å². The van der Waals surface area contributed by atoms with E-state index in [1.54, 1.807) is 13.0 Å². The third kappa shape index (κ3) is 3.29. The predicted molar refractivity (Wildman–Crippen MR) is 129 cm³/mol. The predicted octanol–water partition coefficient (Wildman–Crippen LogP) is 4.58. The summed E-state index contributed by atoms with van der Waals surface area (Å²) in [5, 5.41) is 0.344. The van der Waals surface area contributed by atoms with Crippen LogP contribution in [-0.2, 0) is 0 Å². The molecular weight excluding hydrogens is 419 g/mol. The Hall–Kier alpha value is -3.06. The molecule has 0 saturated carbocycles. The number of rotatable bonds is 2. The summed E-state index contributed by atoms with van der Waals surface area (Å²) in [4.78, 5) is 17.6. The first kappa shape index (κ1) is 20.5. The molecule has 0 atom stereocenters. The number of piperidine rings is 2. The Labute approximate surface area is 192 Å². The van der Waals surface area contributed by atoms with Gasteiger partial charge in [-0.05, 0) is 63.9 Å². The first-order valence-corrected chi connectivity index (χ1v) is 12.0. The summed E-state index contributed by atoms with van der Waals surface area (Å²) in [7, 11) is 0. The Morgan fingerprint density at radius 3 is 2.58 bits per heavy atom. The third-order valence-corrected chi connectivity index (χ3v) is 7.49. The lowest BCUT2D eigenvalue weighted by molar-refractivity contribution is 0.141. The zero-order valence-corrected chi connectivity index (χ0v) is 18.9. The van der Waals surface area contributed by atoms with Gasteiger partial charge in [0.15, 0.2) is 22.7 Å². The number of aromatic nitrogens is 1. The van der Waals surface area contributed by atoms with Crippen LogP contribution >= 0.6 is 0 Å². The van der Waals surface area contributed by atoms with Crippen LogP contribution < -0.4 is 20.8 Å². The second-order valence-electron chi connectivity index (χ2n) is 9.59. The van der Waals surface area contributed by atoms with E-state index >= 15 is 4.39 Å². The molecule has 1 aromatic heterocycles. The molecule has 172 valence electrons. The highest BCUT2D eigenvalue weighted by Crippen LogP contribution is 2.47. The smallest absolute Gasteiger partial charge is 0.192 e. The summed E-state index contributed by atoms with van der Waals surface area (Å²) in [6.45, 7) is 5.63. The Kier molecular flexibility index (Phi) is 4.83. The topological polar surface area (TPSA) is 63.7 Å². The number of aryl methyl sites for hydroxylation is 1. The standard InChI is InChI=1S/C26H29FN4O2/c1-16-15-31-21-6-5-17(28)13-22(21)33-26-23(31)19(25(16)32)14-20(27)24(26)30-11-7-18(8-12-30)29-9-3-2-4-10-29/h5-6,13-15,18H,2-4,7-12,28H2,1H3. The number of nitrogens with two attached hydrogens (primary N) is 1. The molecular formula is C26H29FN4O2. The molecule has 3 aromatic rings. The fourth-order valence-electron chi connectivity index (χ4n) is 5.79. The van der Waals surface area contributed by atoms with Crippen LogP contribution in [0.1, 0.15) is 37.7 Å². The van der Waals surface area contributed by atoms with E-state index in [0.717, 1.165) is 31.6 Å². The van der Waals surface area contributed by atoms with Crippen LogP contribution in [0.4, 0.5) is 15.8 Å².